The number of sulfonamides is 1. The van der Waals surface area contributed by atoms with Crippen molar-refractivity contribution >= 4 is 10.0 Å². The molecule has 112 valence electrons. The molecule has 0 radical (unpaired) electrons. The van der Waals surface area contributed by atoms with E-state index in [0.29, 0.717) is 29.8 Å². The van der Waals surface area contributed by atoms with Crippen molar-refractivity contribution in [2.75, 3.05) is 13.1 Å². The second-order valence-electron chi connectivity index (χ2n) is 6.35. The van der Waals surface area contributed by atoms with E-state index in [1.165, 1.54) is 5.56 Å². The lowest BCUT2D eigenvalue weighted by atomic mass is 10.0. The number of benzene rings is 1. The highest BCUT2D eigenvalue weighted by Crippen LogP contribution is 2.23. The topological polar surface area (TPSA) is 37.4 Å². The summed E-state index contributed by atoms with van der Waals surface area (Å²) in [7, 11) is -3.31. The van der Waals surface area contributed by atoms with Gasteiger partial charge in [-0.25, -0.2) is 8.42 Å². The molecule has 1 atom stereocenters. The largest absolute Gasteiger partial charge is 0.243 e. The quantitative estimate of drug-likeness (QED) is 0.854. The van der Waals surface area contributed by atoms with Crippen molar-refractivity contribution in [1.82, 2.24) is 4.31 Å². The molecule has 0 saturated carbocycles. The zero-order valence-electron chi connectivity index (χ0n) is 12.7. The summed E-state index contributed by atoms with van der Waals surface area (Å²) in [6.45, 7) is 7.75. The van der Waals surface area contributed by atoms with Crippen LogP contribution in [0.15, 0.2) is 29.2 Å². The van der Waals surface area contributed by atoms with Gasteiger partial charge in [0.25, 0.3) is 0 Å². The second kappa shape index (κ2) is 6.27. The maximum atomic E-state index is 12.6. The lowest BCUT2D eigenvalue weighted by Gasteiger charge is -2.30. The van der Waals surface area contributed by atoms with Gasteiger partial charge in [-0.05, 0) is 48.8 Å². The maximum Gasteiger partial charge on any atom is 0.243 e. The molecular weight excluding hydrogens is 270 g/mol. The van der Waals surface area contributed by atoms with Crippen LogP contribution >= 0.6 is 0 Å². The molecule has 1 aromatic rings. The van der Waals surface area contributed by atoms with Crippen LogP contribution in [0.1, 0.15) is 39.2 Å². The number of nitrogens with zero attached hydrogens (tertiary/aromatic N) is 1. The van der Waals surface area contributed by atoms with Crippen molar-refractivity contribution in [3.05, 3.63) is 29.8 Å². The Kier molecular flexibility index (Phi) is 4.86. The summed E-state index contributed by atoms with van der Waals surface area (Å²) < 4.78 is 26.8. The van der Waals surface area contributed by atoms with Crippen molar-refractivity contribution in [2.24, 2.45) is 11.8 Å². The van der Waals surface area contributed by atoms with Gasteiger partial charge in [0.2, 0.25) is 10.0 Å². The molecule has 1 aliphatic rings. The van der Waals surface area contributed by atoms with E-state index in [4.69, 9.17) is 0 Å². The molecular formula is C16H25NO2S. The van der Waals surface area contributed by atoms with Gasteiger partial charge >= 0.3 is 0 Å². The van der Waals surface area contributed by atoms with Crippen molar-refractivity contribution < 1.29 is 8.42 Å². The Hall–Kier alpha value is -0.870. The van der Waals surface area contributed by atoms with Gasteiger partial charge in [0.05, 0.1) is 4.90 Å². The van der Waals surface area contributed by atoms with Crippen LogP contribution in [-0.2, 0) is 16.4 Å². The Bertz CT molecular complexity index is 534. The summed E-state index contributed by atoms with van der Waals surface area (Å²) in [4.78, 5) is 0.430. The van der Waals surface area contributed by atoms with E-state index < -0.39 is 10.0 Å². The molecule has 3 nitrogen and oxygen atoms in total. The van der Waals surface area contributed by atoms with Gasteiger partial charge < -0.3 is 0 Å². The van der Waals surface area contributed by atoms with E-state index in [9.17, 15) is 8.42 Å². The van der Waals surface area contributed by atoms with Gasteiger partial charge in [0, 0.05) is 13.1 Å². The Morgan fingerprint density at radius 1 is 1.25 bits per heavy atom. The summed E-state index contributed by atoms with van der Waals surface area (Å²) in [5, 5.41) is 0. The highest BCUT2D eigenvalue weighted by Gasteiger charge is 2.28. The molecule has 1 saturated heterocycles. The molecule has 0 spiro atoms. The molecule has 1 fully saturated rings. The number of rotatable bonds is 4. The first-order valence-corrected chi connectivity index (χ1v) is 8.92. The fraction of sp³-hybridized carbons (Fsp3) is 0.625. The molecule has 1 heterocycles. The number of hydrogen-bond donors (Lipinski definition) is 0. The van der Waals surface area contributed by atoms with E-state index in [2.05, 4.69) is 20.8 Å². The first-order chi connectivity index (χ1) is 9.39. The van der Waals surface area contributed by atoms with Crippen LogP contribution in [0.5, 0.6) is 0 Å². The van der Waals surface area contributed by atoms with Crippen LogP contribution in [-0.4, -0.2) is 25.8 Å². The maximum absolute atomic E-state index is 12.6. The Morgan fingerprint density at radius 2 is 1.90 bits per heavy atom. The van der Waals surface area contributed by atoms with Crippen LogP contribution in [0.2, 0.25) is 0 Å². The lowest BCUT2D eigenvalue weighted by molar-refractivity contribution is 0.281. The molecule has 0 N–H and O–H groups in total. The van der Waals surface area contributed by atoms with E-state index in [0.717, 1.165) is 19.3 Å². The smallest absolute Gasteiger partial charge is 0.207 e. The van der Waals surface area contributed by atoms with Crippen LogP contribution in [0.4, 0.5) is 0 Å². The van der Waals surface area contributed by atoms with Crippen LogP contribution in [0.3, 0.4) is 0 Å². The molecule has 0 unspecified atom stereocenters. The van der Waals surface area contributed by atoms with Gasteiger partial charge in [0.1, 0.15) is 0 Å². The fourth-order valence-electron chi connectivity index (χ4n) is 2.78. The minimum absolute atomic E-state index is 0.430. The van der Waals surface area contributed by atoms with Crippen LogP contribution in [0, 0.1) is 11.8 Å². The third-order valence-corrected chi connectivity index (χ3v) is 5.70. The van der Waals surface area contributed by atoms with Crippen molar-refractivity contribution in [3.63, 3.8) is 0 Å². The molecule has 4 heteroatoms. The molecule has 1 aromatic carbocycles. The average molecular weight is 295 g/mol. The monoisotopic (exact) mass is 295 g/mol. The second-order valence-corrected chi connectivity index (χ2v) is 8.29. The minimum atomic E-state index is -3.31. The number of piperidine rings is 1. The summed E-state index contributed by atoms with van der Waals surface area (Å²) in [5.41, 5.74) is 1.20. The normalized spacial score (nSPS) is 21.3. The molecule has 1 aliphatic heterocycles. The summed E-state index contributed by atoms with van der Waals surface area (Å²) in [5.74, 6) is 1.04. The number of hydrogen-bond acceptors (Lipinski definition) is 2. The molecule has 0 aromatic heterocycles. The zero-order chi connectivity index (χ0) is 14.8. The van der Waals surface area contributed by atoms with Crippen molar-refractivity contribution in [2.45, 2.75) is 44.9 Å². The fourth-order valence-corrected chi connectivity index (χ4v) is 4.38. The van der Waals surface area contributed by atoms with E-state index in [1.807, 2.05) is 12.1 Å². The molecule has 2 rings (SSSR count). The molecule has 0 bridgehead atoms. The molecule has 20 heavy (non-hydrogen) atoms. The van der Waals surface area contributed by atoms with E-state index in [1.54, 1.807) is 16.4 Å². The van der Waals surface area contributed by atoms with Crippen LogP contribution < -0.4 is 0 Å². The standard InChI is InChI=1S/C16H25NO2S/c1-13(2)11-15-6-8-16(9-7-15)20(18,19)17-10-4-5-14(3)12-17/h6-9,13-14H,4-5,10-12H2,1-3H3/t14-/m0/s1. The predicted octanol–water partition coefficient (Wildman–Crippen LogP) is 3.31. The lowest BCUT2D eigenvalue weighted by Crippen LogP contribution is -2.39. The molecule has 0 aliphatic carbocycles. The zero-order valence-corrected chi connectivity index (χ0v) is 13.5. The van der Waals surface area contributed by atoms with E-state index in [-0.39, 0.29) is 0 Å². The first-order valence-electron chi connectivity index (χ1n) is 7.48. The predicted molar refractivity (Wildman–Crippen MR) is 82.1 cm³/mol. The first kappa shape index (κ1) is 15.5. The highest BCUT2D eigenvalue weighted by atomic mass is 32.2. The van der Waals surface area contributed by atoms with Gasteiger partial charge in [-0.1, -0.05) is 32.9 Å². The van der Waals surface area contributed by atoms with Crippen molar-refractivity contribution in [3.8, 4) is 0 Å². The Labute approximate surface area is 123 Å². The van der Waals surface area contributed by atoms with Gasteiger partial charge in [-0.3, -0.25) is 0 Å². The SMILES string of the molecule is CC(C)Cc1ccc(S(=O)(=O)N2CCC[C@H](C)C2)cc1. The van der Waals surface area contributed by atoms with Crippen molar-refractivity contribution in [1.29, 1.82) is 0 Å². The Balaban J connectivity index is 2.17. The minimum Gasteiger partial charge on any atom is -0.207 e. The van der Waals surface area contributed by atoms with E-state index >= 15 is 0 Å². The Morgan fingerprint density at radius 3 is 2.45 bits per heavy atom. The average Bonchev–Trinajstić information content (AvgIpc) is 2.38. The summed E-state index contributed by atoms with van der Waals surface area (Å²) in [6, 6.07) is 7.40. The van der Waals surface area contributed by atoms with Gasteiger partial charge in [0.15, 0.2) is 0 Å². The summed E-state index contributed by atoms with van der Waals surface area (Å²) >= 11 is 0. The molecule has 0 amide bonds. The third kappa shape index (κ3) is 3.61. The summed E-state index contributed by atoms with van der Waals surface area (Å²) in [6.07, 6.45) is 3.08. The third-order valence-electron chi connectivity index (χ3n) is 3.82. The highest BCUT2D eigenvalue weighted by molar-refractivity contribution is 7.89. The van der Waals surface area contributed by atoms with Crippen LogP contribution in [0.25, 0.3) is 0 Å². The van der Waals surface area contributed by atoms with Gasteiger partial charge in [-0.15, -0.1) is 0 Å². The van der Waals surface area contributed by atoms with Gasteiger partial charge in [-0.2, -0.15) is 4.31 Å².